The Labute approximate surface area is 156 Å². The van der Waals surface area contributed by atoms with Crippen molar-refractivity contribution in [1.82, 2.24) is 4.98 Å². The number of carbonyl (C=O) groups excluding carboxylic acids is 1. The Kier molecular flexibility index (Phi) is 4.96. The highest BCUT2D eigenvalue weighted by Crippen LogP contribution is 2.31. The molecule has 3 rings (SSSR count). The van der Waals surface area contributed by atoms with Gasteiger partial charge in [0, 0.05) is 15.7 Å². The maximum atomic E-state index is 12.4. The van der Waals surface area contributed by atoms with Crippen LogP contribution in [0.4, 0.5) is 5.69 Å². The largest absolute Gasteiger partial charge is 0.477 e. The van der Waals surface area contributed by atoms with Crippen molar-refractivity contribution in [2.45, 2.75) is 6.92 Å². The monoisotopic (exact) mass is 416 g/mol. The Bertz CT molecular complexity index is 954. The van der Waals surface area contributed by atoms with Crippen molar-refractivity contribution in [2.75, 3.05) is 5.32 Å². The first-order chi connectivity index (χ1) is 12.0. The Balaban J connectivity index is 1.87. The number of hydrogen-bond acceptors (Lipinski definition) is 4. The Hall–Kier alpha value is -2.51. The minimum absolute atomic E-state index is 0.219. The van der Waals surface area contributed by atoms with Gasteiger partial charge in [-0.15, -0.1) is 11.3 Å². The van der Waals surface area contributed by atoms with Gasteiger partial charge in [0.2, 0.25) is 0 Å². The molecule has 3 aromatic rings. The molecule has 2 aromatic carbocycles. The number of para-hydroxylation sites is 1. The molecule has 0 fully saturated rings. The fraction of sp³-hybridized carbons (Fsp3) is 0.0556. The van der Waals surface area contributed by atoms with Gasteiger partial charge < -0.3 is 10.4 Å². The second-order valence-corrected chi connectivity index (χ2v) is 7.11. The molecule has 126 valence electrons. The third kappa shape index (κ3) is 3.78. The topological polar surface area (TPSA) is 79.3 Å². The molecule has 1 amide bonds. The lowest BCUT2D eigenvalue weighted by molar-refractivity contribution is 0.0701. The van der Waals surface area contributed by atoms with Crippen LogP contribution in [0, 0.1) is 6.92 Å². The number of anilines is 1. The first-order valence-corrected chi connectivity index (χ1v) is 8.93. The number of carboxylic acid groups (broad SMARTS) is 1. The average Bonchev–Trinajstić information content (AvgIpc) is 2.97. The average molecular weight is 417 g/mol. The van der Waals surface area contributed by atoms with E-state index in [-0.39, 0.29) is 10.8 Å². The van der Waals surface area contributed by atoms with Crippen LogP contribution in [0.3, 0.4) is 0 Å². The van der Waals surface area contributed by atoms with Gasteiger partial charge in [-0.3, -0.25) is 4.79 Å². The first kappa shape index (κ1) is 17.3. The number of aromatic nitrogens is 1. The maximum Gasteiger partial charge on any atom is 0.347 e. The van der Waals surface area contributed by atoms with Crippen molar-refractivity contribution in [3.63, 3.8) is 0 Å². The molecule has 0 bridgehead atoms. The summed E-state index contributed by atoms with van der Waals surface area (Å²) in [6.45, 7) is 1.67. The summed E-state index contributed by atoms with van der Waals surface area (Å²) in [4.78, 5) is 28.1. The van der Waals surface area contributed by atoms with Crippen molar-refractivity contribution in [3.05, 3.63) is 69.1 Å². The number of halogens is 1. The van der Waals surface area contributed by atoms with E-state index in [1.165, 1.54) is 0 Å². The van der Waals surface area contributed by atoms with Gasteiger partial charge in [-0.1, -0.05) is 24.3 Å². The highest BCUT2D eigenvalue weighted by Gasteiger charge is 2.17. The van der Waals surface area contributed by atoms with E-state index in [1.807, 2.05) is 30.3 Å². The number of carbonyl (C=O) groups is 2. The smallest absolute Gasteiger partial charge is 0.347 e. The number of hydrogen-bond donors (Lipinski definition) is 2. The van der Waals surface area contributed by atoms with Gasteiger partial charge in [-0.2, -0.15) is 0 Å². The lowest BCUT2D eigenvalue weighted by atomic mass is 10.1. The summed E-state index contributed by atoms with van der Waals surface area (Å²) < 4.78 is 0.614. The fourth-order valence-electron chi connectivity index (χ4n) is 2.27. The van der Waals surface area contributed by atoms with E-state index in [9.17, 15) is 9.59 Å². The molecule has 0 atom stereocenters. The number of nitrogens with one attached hydrogen (secondary N) is 1. The third-order valence-electron chi connectivity index (χ3n) is 3.48. The fourth-order valence-corrected chi connectivity index (χ4v) is 3.73. The van der Waals surface area contributed by atoms with Gasteiger partial charge in [-0.25, -0.2) is 9.78 Å². The van der Waals surface area contributed by atoms with E-state index in [0.29, 0.717) is 26.4 Å². The van der Waals surface area contributed by atoms with E-state index in [0.717, 1.165) is 16.9 Å². The van der Waals surface area contributed by atoms with Gasteiger partial charge in [0.05, 0.1) is 11.3 Å². The number of carboxylic acids is 1. The second kappa shape index (κ2) is 7.16. The predicted molar refractivity (Wildman–Crippen MR) is 101 cm³/mol. The van der Waals surface area contributed by atoms with E-state index < -0.39 is 5.97 Å². The Morgan fingerprint density at radius 1 is 1.16 bits per heavy atom. The van der Waals surface area contributed by atoms with Crippen molar-refractivity contribution in [2.24, 2.45) is 0 Å². The summed E-state index contributed by atoms with van der Waals surface area (Å²) in [6.07, 6.45) is 0. The highest BCUT2D eigenvalue weighted by atomic mass is 79.9. The summed E-state index contributed by atoms with van der Waals surface area (Å²) in [7, 11) is 0. The zero-order valence-corrected chi connectivity index (χ0v) is 15.5. The van der Waals surface area contributed by atoms with Crippen molar-refractivity contribution in [1.29, 1.82) is 0 Å². The van der Waals surface area contributed by atoms with Crippen molar-refractivity contribution < 1.29 is 14.7 Å². The second-order valence-electron chi connectivity index (χ2n) is 5.25. The molecule has 1 heterocycles. The van der Waals surface area contributed by atoms with Gasteiger partial charge in [0.1, 0.15) is 9.88 Å². The number of rotatable bonds is 4. The molecule has 0 unspecified atom stereocenters. The van der Waals surface area contributed by atoms with Crippen LogP contribution in [0.1, 0.15) is 25.7 Å². The molecule has 0 saturated carbocycles. The number of amides is 1. The molecule has 0 saturated heterocycles. The lowest BCUT2D eigenvalue weighted by Crippen LogP contribution is -2.12. The van der Waals surface area contributed by atoms with Crippen LogP contribution in [-0.4, -0.2) is 22.0 Å². The van der Waals surface area contributed by atoms with Crippen molar-refractivity contribution >= 4 is 44.8 Å². The summed E-state index contributed by atoms with van der Waals surface area (Å²) in [5.41, 5.74) is 2.43. The molecule has 25 heavy (non-hydrogen) atoms. The standard InChI is InChI=1S/C18H13BrN2O3S/c1-10-15(18(23)24)25-17(20-10)11-7-8-13(14(19)9-11)16(22)21-12-5-3-2-4-6-12/h2-9H,1H3,(H,21,22)(H,23,24). The number of aryl methyl sites for hydroxylation is 1. The van der Waals surface area contributed by atoms with Crippen LogP contribution in [-0.2, 0) is 0 Å². The molecule has 0 spiro atoms. The minimum atomic E-state index is -0.987. The van der Waals surface area contributed by atoms with Gasteiger partial charge in [0.25, 0.3) is 5.91 Å². The summed E-state index contributed by atoms with van der Waals surface area (Å²) in [6, 6.07) is 14.4. The van der Waals surface area contributed by atoms with Crippen LogP contribution in [0.15, 0.2) is 53.0 Å². The molecular formula is C18H13BrN2O3S. The van der Waals surface area contributed by atoms with Gasteiger partial charge in [-0.05, 0) is 47.1 Å². The van der Waals surface area contributed by atoms with Crippen LogP contribution in [0.5, 0.6) is 0 Å². The number of aromatic carboxylic acids is 1. The molecular weight excluding hydrogens is 404 g/mol. The van der Waals surface area contributed by atoms with Gasteiger partial charge >= 0.3 is 5.97 Å². The van der Waals surface area contributed by atoms with Crippen LogP contribution < -0.4 is 5.32 Å². The normalized spacial score (nSPS) is 10.5. The first-order valence-electron chi connectivity index (χ1n) is 7.33. The molecule has 7 heteroatoms. The molecule has 0 radical (unpaired) electrons. The highest BCUT2D eigenvalue weighted by molar-refractivity contribution is 9.10. The van der Waals surface area contributed by atoms with E-state index in [2.05, 4.69) is 26.2 Å². The third-order valence-corrected chi connectivity index (χ3v) is 5.33. The summed E-state index contributed by atoms with van der Waals surface area (Å²) in [5.74, 6) is -1.22. The summed E-state index contributed by atoms with van der Waals surface area (Å²) in [5, 5.41) is 12.6. The number of thiazole rings is 1. The SMILES string of the molecule is Cc1nc(-c2ccc(C(=O)Nc3ccccc3)c(Br)c2)sc1C(=O)O. The van der Waals surface area contributed by atoms with E-state index in [1.54, 1.807) is 25.1 Å². The lowest BCUT2D eigenvalue weighted by Gasteiger charge is -2.08. The maximum absolute atomic E-state index is 12.4. The van der Waals surface area contributed by atoms with Crippen LogP contribution in [0.2, 0.25) is 0 Å². The zero-order valence-electron chi connectivity index (χ0n) is 13.1. The molecule has 1 aromatic heterocycles. The predicted octanol–water partition coefficient (Wildman–Crippen LogP) is 4.83. The van der Waals surface area contributed by atoms with Crippen molar-refractivity contribution in [3.8, 4) is 10.6 Å². The molecule has 0 aliphatic carbocycles. The van der Waals surface area contributed by atoms with E-state index >= 15 is 0 Å². The minimum Gasteiger partial charge on any atom is -0.477 e. The quantitative estimate of drug-likeness (QED) is 0.637. The summed E-state index contributed by atoms with van der Waals surface area (Å²) >= 11 is 4.53. The Morgan fingerprint density at radius 2 is 1.88 bits per heavy atom. The number of benzene rings is 2. The van der Waals surface area contributed by atoms with Crippen LogP contribution >= 0.6 is 27.3 Å². The molecule has 0 aliphatic rings. The van der Waals surface area contributed by atoms with Crippen LogP contribution in [0.25, 0.3) is 10.6 Å². The zero-order chi connectivity index (χ0) is 18.0. The molecule has 2 N–H and O–H groups in total. The Morgan fingerprint density at radius 3 is 2.48 bits per heavy atom. The molecule has 5 nitrogen and oxygen atoms in total. The molecule has 0 aliphatic heterocycles. The van der Waals surface area contributed by atoms with Gasteiger partial charge in [0.15, 0.2) is 0 Å². The number of nitrogens with zero attached hydrogens (tertiary/aromatic N) is 1. The van der Waals surface area contributed by atoms with E-state index in [4.69, 9.17) is 5.11 Å².